The first kappa shape index (κ1) is 6.05. The normalized spacial score (nSPS) is 31.5. The number of likely N-dealkylation sites (tertiary alicyclic amines) is 1. The summed E-state index contributed by atoms with van der Waals surface area (Å²) in [6, 6.07) is 0.750. The Labute approximate surface area is 52.4 Å². The monoisotopic (exact) mass is 116 g/mol. The van der Waals surface area contributed by atoms with Crippen molar-refractivity contribution >= 4 is 0 Å². The Kier molecular flexibility index (Phi) is 1.86. The Morgan fingerprint density at radius 3 is 2.75 bits per heavy atom. The van der Waals surface area contributed by atoms with E-state index in [4.69, 9.17) is 0 Å². The molecule has 8 heavy (non-hydrogen) atoms. The first-order chi connectivity index (χ1) is 3.83. The van der Waals surface area contributed by atoms with E-state index < -0.39 is 0 Å². The summed E-state index contributed by atoms with van der Waals surface area (Å²) >= 11 is 0. The van der Waals surface area contributed by atoms with E-state index >= 15 is 0 Å². The van der Waals surface area contributed by atoms with Gasteiger partial charge in [0.15, 0.2) is 0 Å². The SMILES string of the molecule is CNC1CCN(C)C1.[HH]. The van der Waals surface area contributed by atoms with Crippen molar-refractivity contribution < 1.29 is 1.43 Å². The Morgan fingerprint density at radius 2 is 2.50 bits per heavy atom. The molecule has 1 saturated heterocycles. The molecule has 0 spiro atoms. The van der Waals surface area contributed by atoms with Gasteiger partial charge in [-0.3, -0.25) is 0 Å². The molecule has 1 heterocycles. The highest BCUT2D eigenvalue weighted by molar-refractivity contribution is 4.76. The van der Waals surface area contributed by atoms with Crippen LogP contribution < -0.4 is 5.32 Å². The van der Waals surface area contributed by atoms with Crippen molar-refractivity contribution in [2.75, 3.05) is 27.2 Å². The fraction of sp³-hybridized carbons (Fsp3) is 1.00. The number of hydrogen-bond donors (Lipinski definition) is 1. The van der Waals surface area contributed by atoms with Crippen LogP contribution in [0.3, 0.4) is 0 Å². The van der Waals surface area contributed by atoms with Crippen LogP contribution in [0, 0.1) is 0 Å². The molecular formula is C6H16N2. The van der Waals surface area contributed by atoms with Gasteiger partial charge in [0.05, 0.1) is 0 Å². The minimum Gasteiger partial charge on any atom is -0.316 e. The van der Waals surface area contributed by atoms with Gasteiger partial charge in [0.2, 0.25) is 0 Å². The molecule has 0 saturated carbocycles. The highest BCUT2D eigenvalue weighted by atomic mass is 15.2. The molecule has 1 N–H and O–H groups in total. The molecule has 1 fully saturated rings. The maximum absolute atomic E-state index is 3.25. The summed E-state index contributed by atoms with van der Waals surface area (Å²) in [5.41, 5.74) is 0. The third-order valence-electron chi connectivity index (χ3n) is 1.80. The molecule has 0 radical (unpaired) electrons. The number of rotatable bonds is 1. The molecule has 0 amide bonds. The van der Waals surface area contributed by atoms with Crippen LogP contribution in [0.15, 0.2) is 0 Å². The van der Waals surface area contributed by atoms with Gasteiger partial charge < -0.3 is 10.2 Å². The van der Waals surface area contributed by atoms with Crippen LogP contribution in [0.4, 0.5) is 0 Å². The molecule has 1 aliphatic rings. The van der Waals surface area contributed by atoms with E-state index in [1.54, 1.807) is 0 Å². The van der Waals surface area contributed by atoms with Gasteiger partial charge in [0.25, 0.3) is 0 Å². The van der Waals surface area contributed by atoms with Crippen molar-refractivity contribution in [2.24, 2.45) is 0 Å². The summed E-state index contributed by atoms with van der Waals surface area (Å²) in [6.07, 6.45) is 1.31. The first-order valence-corrected chi connectivity index (χ1v) is 3.18. The molecule has 50 valence electrons. The number of likely N-dealkylation sites (N-methyl/N-ethyl adjacent to an activating group) is 2. The van der Waals surface area contributed by atoms with E-state index in [2.05, 4.69) is 17.3 Å². The van der Waals surface area contributed by atoms with E-state index in [1.807, 2.05) is 7.05 Å². The van der Waals surface area contributed by atoms with Gasteiger partial charge in [-0.05, 0) is 27.1 Å². The highest BCUT2D eigenvalue weighted by Crippen LogP contribution is 2.04. The lowest BCUT2D eigenvalue weighted by molar-refractivity contribution is 0.403. The zero-order valence-corrected chi connectivity index (χ0v) is 5.65. The lowest BCUT2D eigenvalue weighted by atomic mass is 10.3. The van der Waals surface area contributed by atoms with Crippen LogP contribution in [-0.2, 0) is 0 Å². The van der Waals surface area contributed by atoms with Crippen molar-refractivity contribution in [2.45, 2.75) is 12.5 Å². The van der Waals surface area contributed by atoms with Gasteiger partial charge in [0, 0.05) is 14.0 Å². The van der Waals surface area contributed by atoms with Gasteiger partial charge in [-0.2, -0.15) is 0 Å². The van der Waals surface area contributed by atoms with Gasteiger partial charge >= 0.3 is 0 Å². The van der Waals surface area contributed by atoms with Crippen molar-refractivity contribution in [3.63, 3.8) is 0 Å². The number of hydrogen-bond acceptors (Lipinski definition) is 2. The van der Waals surface area contributed by atoms with Gasteiger partial charge in [0.1, 0.15) is 0 Å². The quantitative estimate of drug-likeness (QED) is 0.525. The van der Waals surface area contributed by atoms with Crippen molar-refractivity contribution in [1.82, 2.24) is 10.2 Å². The third kappa shape index (κ3) is 1.20. The summed E-state index contributed by atoms with van der Waals surface area (Å²) in [5.74, 6) is 0. The number of nitrogens with zero attached hydrogens (tertiary/aromatic N) is 1. The Hall–Kier alpha value is -0.0800. The van der Waals surface area contributed by atoms with E-state index in [1.165, 1.54) is 19.5 Å². The second kappa shape index (κ2) is 2.46. The van der Waals surface area contributed by atoms with Crippen LogP contribution in [0.5, 0.6) is 0 Å². The van der Waals surface area contributed by atoms with Crippen LogP contribution in [0.1, 0.15) is 7.85 Å². The molecular weight excluding hydrogens is 100 g/mol. The number of nitrogens with one attached hydrogen (secondary N) is 1. The van der Waals surface area contributed by atoms with Crippen molar-refractivity contribution in [1.29, 1.82) is 0 Å². The summed E-state index contributed by atoms with van der Waals surface area (Å²) < 4.78 is 0. The minimum absolute atomic E-state index is 0. The molecule has 0 aliphatic carbocycles. The summed E-state index contributed by atoms with van der Waals surface area (Å²) in [5, 5.41) is 3.25. The molecule has 0 aromatic carbocycles. The largest absolute Gasteiger partial charge is 0.316 e. The second-order valence-corrected chi connectivity index (χ2v) is 2.54. The lowest BCUT2D eigenvalue weighted by Crippen LogP contribution is -2.27. The lowest BCUT2D eigenvalue weighted by Gasteiger charge is -2.07. The van der Waals surface area contributed by atoms with E-state index in [-0.39, 0.29) is 1.43 Å². The molecule has 1 aliphatic heterocycles. The second-order valence-electron chi connectivity index (χ2n) is 2.54. The van der Waals surface area contributed by atoms with Gasteiger partial charge in [-0.1, -0.05) is 0 Å². The molecule has 1 unspecified atom stereocenters. The van der Waals surface area contributed by atoms with Gasteiger partial charge in [-0.15, -0.1) is 0 Å². The van der Waals surface area contributed by atoms with Crippen LogP contribution >= 0.6 is 0 Å². The van der Waals surface area contributed by atoms with E-state index in [0.29, 0.717) is 0 Å². The molecule has 0 aromatic heterocycles. The summed E-state index contributed by atoms with van der Waals surface area (Å²) in [6.45, 7) is 2.47. The summed E-state index contributed by atoms with van der Waals surface area (Å²) in [4.78, 5) is 2.35. The van der Waals surface area contributed by atoms with E-state index in [0.717, 1.165) is 6.04 Å². The standard InChI is InChI=1S/C6H14N2.H2/c1-7-6-3-4-8(2)5-6;/h6-7H,3-5H2,1-2H3;1H. The van der Waals surface area contributed by atoms with Crippen LogP contribution in [0.2, 0.25) is 0 Å². The zero-order chi connectivity index (χ0) is 5.98. The van der Waals surface area contributed by atoms with Gasteiger partial charge in [-0.25, -0.2) is 0 Å². The minimum atomic E-state index is 0. The smallest absolute Gasteiger partial charge is 0.0204 e. The average molecular weight is 116 g/mol. The van der Waals surface area contributed by atoms with Crippen molar-refractivity contribution in [3.05, 3.63) is 0 Å². The molecule has 1 atom stereocenters. The van der Waals surface area contributed by atoms with Crippen LogP contribution in [0.25, 0.3) is 0 Å². The summed E-state index contributed by atoms with van der Waals surface area (Å²) in [7, 11) is 4.20. The third-order valence-corrected chi connectivity index (χ3v) is 1.80. The topological polar surface area (TPSA) is 15.3 Å². The maximum atomic E-state index is 3.25. The Morgan fingerprint density at radius 1 is 1.75 bits per heavy atom. The predicted octanol–water partition coefficient (Wildman–Crippen LogP) is 0.156. The fourth-order valence-electron chi connectivity index (χ4n) is 1.17. The molecule has 1 rings (SSSR count). The van der Waals surface area contributed by atoms with Crippen LogP contribution in [-0.4, -0.2) is 38.1 Å². The fourth-order valence-corrected chi connectivity index (χ4v) is 1.17. The molecule has 0 aromatic rings. The van der Waals surface area contributed by atoms with E-state index in [9.17, 15) is 0 Å². The Balaban J connectivity index is 0.000000640. The predicted molar refractivity (Wildman–Crippen MR) is 37.1 cm³/mol. The Bertz CT molecular complexity index is 77.5. The molecule has 0 bridgehead atoms. The van der Waals surface area contributed by atoms with Crippen molar-refractivity contribution in [3.8, 4) is 0 Å². The maximum Gasteiger partial charge on any atom is 0.0204 e. The highest BCUT2D eigenvalue weighted by Gasteiger charge is 2.16. The molecule has 2 nitrogen and oxygen atoms in total. The first-order valence-electron chi connectivity index (χ1n) is 3.18. The zero-order valence-electron chi connectivity index (χ0n) is 5.65. The average Bonchev–Trinajstić information content (AvgIpc) is 2.14. The molecule has 2 heteroatoms.